The van der Waals surface area contributed by atoms with E-state index in [2.05, 4.69) is 35.5 Å². The number of benzene rings is 1. The number of hydrogen-bond acceptors (Lipinski definition) is 3. The minimum atomic E-state index is 0.605. The lowest BCUT2D eigenvalue weighted by atomic mass is 10.0. The van der Waals surface area contributed by atoms with E-state index in [4.69, 9.17) is 10.5 Å². The molecule has 19 heavy (non-hydrogen) atoms. The third-order valence-electron chi connectivity index (χ3n) is 3.35. The Bertz CT molecular complexity index is 587. The van der Waals surface area contributed by atoms with Gasteiger partial charge < -0.3 is 15.0 Å². The normalized spacial score (nSPS) is 10.8. The van der Waals surface area contributed by atoms with Crippen molar-refractivity contribution in [3.05, 3.63) is 35.3 Å². The summed E-state index contributed by atoms with van der Waals surface area (Å²) >= 11 is 0. The summed E-state index contributed by atoms with van der Waals surface area (Å²) < 4.78 is 7.63. The van der Waals surface area contributed by atoms with Crippen molar-refractivity contribution in [2.75, 3.05) is 13.7 Å². The van der Waals surface area contributed by atoms with Gasteiger partial charge in [-0.25, -0.2) is 4.98 Å². The highest BCUT2D eigenvalue weighted by Gasteiger charge is 2.14. The van der Waals surface area contributed by atoms with Gasteiger partial charge in [-0.2, -0.15) is 0 Å². The molecule has 1 aromatic carbocycles. The first-order chi connectivity index (χ1) is 9.08. The minimum Gasteiger partial charge on any atom is -0.496 e. The predicted molar refractivity (Wildman–Crippen MR) is 77.4 cm³/mol. The van der Waals surface area contributed by atoms with Crippen LogP contribution in [-0.4, -0.2) is 23.2 Å². The van der Waals surface area contributed by atoms with E-state index in [0.29, 0.717) is 6.54 Å². The van der Waals surface area contributed by atoms with E-state index in [1.165, 1.54) is 5.56 Å². The Morgan fingerprint density at radius 2 is 2.05 bits per heavy atom. The molecule has 2 rings (SSSR count). The zero-order valence-electron chi connectivity index (χ0n) is 12.0. The lowest BCUT2D eigenvalue weighted by molar-refractivity contribution is 0.413. The molecule has 0 atom stereocenters. The van der Waals surface area contributed by atoms with Gasteiger partial charge in [0.15, 0.2) is 0 Å². The molecule has 0 radical (unpaired) electrons. The highest BCUT2D eigenvalue weighted by atomic mass is 16.5. The van der Waals surface area contributed by atoms with Gasteiger partial charge in [-0.1, -0.05) is 6.07 Å². The van der Waals surface area contributed by atoms with Crippen molar-refractivity contribution in [3.8, 4) is 17.0 Å². The van der Waals surface area contributed by atoms with Crippen molar-refractivity contribution in [2.24, 2.45) is 12.8 Å². The first-order valence-corrected chi connectivity index (χ1v) is 6.44. The second-order valence-corrected chi connectivity index (χ2v) is 4.82. The van der Waals surface area contributed by atoms with Crippen LogP contribution in [0.15, 0.2) is 18.3 Å². The van der Waals surface area contributed by atoms with Crippen molar-refractivity contribution in [1.29, 1.82) is 0 Å². The molecule has 0 saturated carbocycles. The molecule has 0 unspecified atom stereocenters. The number of ether oxygens (including phenoxy) is 1. The molecule has 1 aromatic heterocycles. The van der Waals surface area contributed by atoms with Crippen LogP contribution in [0.5, 0.6) is 5.75 Å². The lowest BCUT2D eigenvalue weighted by Gasteiger charge is -2.13. The van der Waals surface area contributed by atoms with E-state index in [9.17, 15) is 0 Å². The van der Waals surface area contributed by atoms with E-state index in [-0.39, 0.29) is 0 Å². The standard InChI is InChI=1S/C15H21N3O/c1-10-7-11(2)15(19-4)12(8-10)13-9-17-14(5-6-16)18(13)3/h7-9H,5-6,16H2,1-4H3. The number of methoxy groups -OCH3 is 1. The molecule has 0 saturated heterocycles. The fourth-order valence-corrected chi connectivity index (χ4v) is 2.48. The van der Waals surface area contributed by atoms with Crippen LogP contribution in [0.25, 0.3) is 11.3 Å². The maximum absolute atomic E-state index is 5.60. The van der Waals surface area contributed by atoms with Crippen LogP contribution >= 0.6 is 0 Å². The summed E-state index contributed by atoms with van der Waals surface area (Å²) in [5, 5.41) is 0. The maximum atomic E-state index is 5.60. The second kappa shape index (κ2) is 5.45. The molecule has 0 amide bonds. The molecule has 0 bridgehead atoms. The molecular weight excluding hydrogens is 238 g/mol. The third kappa shape index (κ3) is 2.49. The van der Waals surface area contributed by atoms with Crippen LogP contribution in [-0.2, 0) is 13.5 Å². The van der Waals surface area contributed by atoms with E-state index < -0.39 is 0 Å². The summed E-state index contributed by atoms with van der Waals surface area (Å²) in [4.78, 5) is 4.44. The maximum Gasteiger partial charge on any atom is 0.131 e. The molecule has 0 aliphatic heterocycles. The molecule has 0 fully saturated rings. The number of hydrogen-bond donors (Lipinski definition) is 1. The van der Waals surface area contributed by atoms with E-state index in [1.807, 2.05) is 13.2 Å². The summed E-state index contributed by atoms with van der Waals surface area (Å²) in [5.74, 6) is 1.91. The number of aromatic nitrogens is 2. The minimum absolute atomic E-state index is 0.605. The smallest absolute Gasteiger partial charge is 0.131 e. The number of imidazole rings is 1. The van der Waals surface area contributed by atoms with Crippen LogP contribution in [0, 0.1) is 13.8 Å². The van der Waals surface area contributed by atoms with Gasteiger partial charge in [0, 0.05) is 19.0 Å². The highest BCUT2D eigenvalue weighted by molar-refractivity contribution is 5.70. The second-order valence-electron chi connectivity index (χ2n) is 4.82. The number of nitrogens with two attached hydrogens (primary N) is 1. The van der Waals surface area contributed by atoms with E-state index >= 15 is 0 Å². The molecule has 102 valence electrons. The Balaban J connectivity index is 2.58. The molecule has 0 aliphatic carbocycles. The number of rotatable bonds is 4. The van der Waals surface area contributed by atoms with Crippen LogP contribution in [0.4, 0.5) is 0 Å². The topological polar surface area (TPSA) is 53.1 Å². The van der Waals surface area contributed by atoms with E-state index in [1.54, 1.807) is 7.11 Å². The fourth-order valence-electron chi connectivity index (χ4n) is 2.48. The molecular formula is C15H21N3O. The summed E-state index contributed by atoms with van der Waals surface area (Å²) in [6, 6.07) is 4.26. The summed E-state index contributed by atoms with van der Waals surface area (Å²) in [6.45, 7) is 4.76. The molecule has 0 aliphatic rings. The van der Waals surface area contributed by atoms with Gasteiger partial charge in [0.1, 0.15) is 11.6 Å². The van der Waals surface area contributed by atoms with Crippen LogP contribution < -0.4 is 10.5 Å². The van der Waals surface area contributed by atoms with Gasteiger partial charge >= 0.3 is 0 Å². The van der Waals surface area contributed by atoms with Crippen molar-refractivity contribution in [1.82, 2.24) is 9.55 Å². The predicted octanol–water partition coefficient (Wildman–Crippen LogP) is 2.21. The van der Waals surface area contributed by atoms with Gasteiger partial charge in [0.25, 0.3) is 0 Å². The van der Waals surface area contributed by atoms with Crippen LogP contribution in [0.3, 0.4) is 0 Å². The molecule has 2 aromatic rings. The van der Waals surface area contributed by atoms with E-state index in [0.717, 1.165) is 34.8 Å². The van der Waals surface area contributed by atoms with Crippen molar-refractivity contribution >= 4 is 0 Å². The van der Waals surface area contributed by atoms with Gasteiger partial charge in [-0.3, -0.25) is 0 Å². The highest BCUT2D eigenvalue weighted by Crippen LogP contribution is 2.34. The Morgan fingerprint density at radius 1 is 1.32 bits per heavy atom. The van der Waals surface area contributed by atoms with Gasteiger partial charge in [0.2, 0.25) is 0 Å². The zero-order chi connectivity index (χ0) is 14.0. The summed E-state index contributed by atoms with van der Waals surface area (Å²) in [5.41, 5.74) is 10.1. The largest absolute Gasteiger partial charge is 0.496 e. The first-order valence-electron chi connectivity index (χ1n) is 6.44. The van der Waals surface area contributed by atoms with Gasteiger partial charge in [-0.05, 0) is 37.6 Å². The first kappa shape index (κ1) is 13.6. The van der Waals surface area contributed by atoms with Crippen LogP contribution in [0.2, 0.25) is 0 Å². The Morgan fingerprint density at radius 3 is 2.68 bits per heavy atom. The fraction of sp³-hybridized carbons (Fsp3) is 0.400. The zero-order valence-corrected chi connectivity index (χ0v) is 12.0. The summed E-state index contributed by atoms with van der Waals surface area (Å²) in [7, 11) is 3.72. The molecule has 2 N–H and O–H groups in total. The Labute approximate surface area is 114 Å². The summed E-state index contributed by atoms with van der Waals surface area (Å²) in [6.07, 6.45) is 2.67. The molecule has 1 heterocycles. The molecule has 4 heteroatoms. The van der Waals surface area contributed by atoms with Crippen LogP contribution in [0.1, 0.15) is 17.0 Å². The average Bonchev–Trinajstić information content (AvgIpc) is 2.71. The Hall–Kier alpha value is -1.81. The quantitative estimate of drug-likeness (QED) is 0.916. The monoisotopic (exact) mass is 259 g/mol. The van der Waals surface area contributed by atoms with Crippen molar-refractivity contribution < 1.29 is 4.74 Å². The van der Waals surface area contributed by atoms with Gasteiger partial charge in [0.05, 0.1) is 19.0 Å². The van der Waals surface area contributed by atoms with Gasteiger partial charge in [-0.15, -0.1) is 0 Å². The lowest BCUT2D eigenvalue weighted by Crippen LogP contribution is -2.08. The Kier molecular flexibility index (Phi) is 3.90. The SMILES string of the molecule is COc1c(C)cc(C)cc1-c1cnc(CCN)n1C. The van der Waals surface area contributed by atoms with Crippen molar-refractivity contribution in [3.63, 3.8) is 0 Å². The average molecular weight is 259 g/mol. The third-order valence-corrected chi connectivity index (χ3v) is 3.35. The molecule has 4 nitrogen and oxygen atoms in total. The van der Waals surface area contributed by atoms with Crippen molar-refractivity contribution in [2.45, 2.75) is 20.3 Å². The molecule has 0 spiro atoms. The number of nitrogens with zero attached hydrogens (tertiary/aromatic N) is 2. The number of aryl methyl sites for hydroxylation is 2.